The smallest absolute Gasteiger partial charge is 0.225 e. The number of carbonyl (C=O) groups is 2. The monoisotopic (exact) mass is 293 g/mol. The van der Waals surface area contributed by atoms with Gasteiger partial charge in [0.25, 0.3) is 0 Å². The summed E-state index contributed by atoms with van der Waals surface area (Å²) in [5, 5.41) is 2.79. The van der Waals surface area contributed by atoms with Crippen LogP contribution in [0.1, 0.15) is 20.3 Å². The SMILES string of the molecule is COCCN1CC(C(=O)NCC(C)(C)N)CC1=O.Cl. The number of hydrogen-bond acceptors (Lipinski definition) is 4. The Balaban J connectivity index is 0.00000324. The average molecular weight is 294 g/mol. The molecule has 0 aromatic rings. The summed E-state index contributed by atoms with van der Waals surface area (Å²) in [5.74, 6) is -0.349. The normalized spacial score (nSPS) is 19.3. The van der Waals surface area contributed by atoms with Crippen molar-refractivity contribution in [2.75, 3.05) is 33.4 Å². The topological polar surface area (TPSA) is 84.7 Å². The predicted molar refractivity (Wildman–Crippen MR) is 75.1 cm³/mol. The summed E-state index contributed by atoms with van der Waals surface area (Å²) >= 11 is 0. The van der Waals surface area contributed by atoms with Gasteiger partial charge in [-0.3, -0.25) is 9.59 Å². The first kappa shape index (κ1) is 18.1. The molecule has 7 heteroatoms. The highest BCUT2D eigenvalue weighted by Gasteiger charge is 2.34. The first-order valence-corrected chi connectivity index (χ1v) is 6.17. The molecule has 1 unspecified atom stereocenters. The Bertz CT molecular complexity index is 318. The van der Waals surface area contributed by atoms with Gasteiger partial charge in [0.2, 0.25) is 11.8 Å². The van der Waals surface area contributed by atoms with E-state index in [4.69, 9.17) is 10.5 Å². The van der Waals surface area contributed by atoms with Crippen LogP contribution < -0.4 is 11.1 Å². The van der Waals surface area contributed by atoms with E-state index in [0.29, 0.717) is 26.2 Å². The van der Waals surface area contributed by atoms with Crippen molar-refractivity contribution in [3.8, 4) is 0 Å². The predicted octanol–water partition coefficient (Wildman–Crippen LogP) is -0.243. The van der Waals surface area contributed by atoms with Crippen molar-refractivity contribution >= 4 is 24.2 Å². The molecular formula is C12H24ClN3O3. The maximum atomic E-state index is 11.9. The number of halogens is 1. The van der Waals surface area contributed by atoms with Crippen LogP contribution in [0.3, 0.4) is 0 Å². The Morgan fingerprint density at radius 3 is 2.74 bits per heavy atom. The summed E-state index contributed by atoms with van der Waals surface area (Å²) in [4.78, 5) is 25.2. The van der Waals surface area contributed by atoms with E-state index in [-0.39, 0.29) is 36.6 Å². The Morgan fingerprint density at radius 2 is 2.21 bits per heavy atom. The van der Waals surface area contributed by atoms with Crippen LogP contribution in [0.25, 0.3) is 0 Å². The standard InChI is InChI=1S/C12H23N3O3.ClH/c1-12(2,13)8-14-11(17)9-6-10(16)15(7-9)4-5-18-3;/h9H,4-8,13H2,1-3H3,(H,14,17);1H. The fourth-order valence-electron chi connectivity index (χ4n) is 1.82. The summed E-state index contributed by atoms with van der Waals surface area (Å²) in [5.41, 5.74) is 5.36. The van der Waals surface area contributed by atoms with Crippen molar-refractivity contribution in [1.29, 1.82) is 0 Å². The number of nitrogens with zero attached hydrogens (tertiary/aromatic N) is 1. The Morgan fingerprint density at radius 1 is 1.58 bits per heavy atom. The third-order valence-electron chi connectivity index (χ3n) is 2.87. The lowest BCUT2D eigenvalue weighted by Gasteiger charge is -2.20. The minimum absolute atomic E-state index is 0. The largest absolute Gasteiger partial charge is 0.383 e. The molecule has 6 nitrogen and oxygen atoms in total. The van der Waals surface area contributed by atoms with Gasteiger partial charge in [0.05, 0.1) is 12.5 Å². The summed E-state index contributed by atoms with van der Waals surface area (Å²) in [6.07, 6.45) is 0.278. The molecule has 1 heterocycles. The van der Waals surface area contributed by atoms with Gasteiger partial charge in [0.1, 0.15) is 0 Å². The van der Waals surface area contributed by atoms with Gasteiger partial charge in [-0.05, 0) is 13.8 Å². The van der Waals surface area contributed by atoms with Gasteiger partial charge in [-0.2, -0.15) is 0 Å². The number of methoxy groups -OCH3 is 1. The molecule has 1 saturated heterocycles. The number of nitrogens with two attached hydrogens (primary N) is 1. The second kappa shape index (κ2) is 7.67. The van der Waals surface area contributed by atoms with Gasteiger partial charge in [-0.15, -0.1) is 12.4 Å². The molecule has 0 saturated carbocycles. The van der Waals surface area contributed by atoms with Gasteiger partial charge < -0.3 is 20.7 Å². The molecule has 112 valence electrons. The van der Waals surface area contributed by atoms with Crippen molar-refractivity contribution in [2.45, 2.75) is 25.8 Å². The zero-order valence-electron chi connectivity index (χ0n) is 11.8. The van der Waals surface area contributed by atoms with E-state index in [2.05, 4.69) is 5.32 Å². The van der Waals surface area contributed by atoms with Crippen LogP contribution in [0.5, 0.6) is 0 Å². The van der Waals surface area contributed by atoms with Crippen molar-refractivity contribution in [3.63, 3.8) is 0 Å². The Kier molecular flexibility index (Phi) is 7.33. The molecule has 0 aliphatic carbocycles. The van der Waals surface area contributed by atoms with Crippen molar-refractivity contribution in [3.05, 3.63) is 0 Å². The molecule has 0 bridgehead atoms. The van der Waals surface area contributed by atoms with E-state index in [1.807, 2.05) is 13.8 Å². The van der Waals surface area contributed by atoms with Crippen molar-refractivity contribution in [1.82, 2.24) is 10.2 Å². The van der Waals surface area contributed by atoms with E-state index >= 15 is 0 Å². The van der Waals surface area contributed by atoms with E-state index in [0.717, 1.165) is 0 Å². The van der Waals surface area contributed by atoms with Crippen LogP contribution in [-0.4, -0.2) is 55.6 Å². The van der Waals surface area contributed by atoms with Gasteiger partial charge >= 0.3 is 0 Å². The molecule has 0 spiro atoms. The Hall–Kier alpha value is -0.850. The highest BCUT2D eigenvalue weighted by molar-refractivity contribution is 5.89. The fraction of sp³-hybridized carbons (Fsp3) is 0.833. The molecule has 2 amide bonds. The molecule has 0 radical (unpaired) electrons. The Labute approximate surface area is 120 Å². The van der Waals surface area contributed by atoms with Crippen LogP contribution in [0.15, 0.2) is 0 Å². The maximum Gasteiger partial charge on any atom is 0.225 e. The number of ether oxygens (including phenoxy) is 1. The first-order valence-electron chi connectivity index (χ1n) is 6.17. The minimum Gasteiger partial charge on any atom is -0.383 e. The lowest BCUT2D eigenvalue weighted by molar-refractivity contribution is -0.129. The van der Waals surface area contributed by atoms with Crippen LogP contribution in [0.2, 0.25) is 0 Å². The molecule has 3 N–H and O–H groups in total. The number of carbonyl (C=O) groups excluding carboxylic acids is 2. The molecule has 1 rings (SSSR count). The van der Waals surface area contributed by atoms with Gasteiger partial charge in [-0.25, -0.2) is 0 Å². The summed E-state index contributed by atoms with van der Waals surface area (Å²) in [6, 6.07) is 0. The third kappa shape index (κ3) is 6.22. The van der Waals surface area contributed by atoms with Crippen LogP contribution in [0, 0.1) is 5.92 Å². The zero-order chi connectivity index (χ0) is 13.8. The highest BCUT2D eigenvalue weighted by Crippen LogP contribution is 2.17. The number of hydrogen-bond donors (Lipinski definition) is 2. The van der Waals surface area contributed by atoms with Crippen molar-refractivity contribution < 1.29 is 14.3 Å². The zero-order valence-corrected chi connectivity index (χ0v) is 12.6. The quantitative estimate of drug-likeness (QED) is 0.708. The van der Waals surface area contributed by atoms with Gasteiger partial charge in [-0.1, -0.05) is 0 Å². The average Bonchev–Trinajstić information content (AvgIpc) is 2.64. The maximum absolute atomic E-state index is 11.9. The molecule has 1 aliphatic heterocycles. The summed E-state index contributed by atoms with van der Waals surface area (Å²) < 4.78 is 4.93. The van der Waals surface area contributed by atoms with E-state index < -0.39 is 5.54 Å². The first-order chi connectivity index (χ1) is 8.33. The molecule has 1 aliphatic rings. The van der Waals surface area contributed by atoms with E-state index in [1.54, 1.807) is 12.0 Å². The number of likely N-dealkylation sites (tertiary alicyclic amines) is 1. The number of nitrogens with one attached hydrogen (secondary N) is 1. The van der Waals surface area contributed by atoms with Crippen molar-refractivity contribution in [2.24, 2.45) is 11.7 Å². The molecule has 1 atom stereocenters. The summed E-state index contributed by atoms with van der Waals surface area (Å²) in [7, 11) is 1.59. The lowest BCUT2D eigenvalue weighted by Crippen LogP contribution is -2.47. The second-order valence-corrected chi connectivity index (χ2v) is 5.44. The van der Waals surface area contributed by atoms with Crippen LogP contribution >= 0.6 is 12.4 Å². The van der Waals surface area contributed by atoms with Crippen LogP contribution in [-0.2, 0) is 14.3 Å². The van der Waals surface area contributed by atoms with E-state index in [9.17, 15) is 9.59 Å². The molecule has 0 aromatic carbocycles. The second-order valence-electron chi connectivity index (χ2n) is 5.44. The number of amides is 2. The molecular weight excluding hydrogens is 270 g/mol. The van der Waals surface area contributed by atoms with Gasteiger partial charge in [0, 0.05) is 38.7 Å². The lowest BCUT2D eigenvalue weighted by atomic mass is 10.1. The number of rotatable bonds is 6. The fourth-order valence-corrected chi connectivity index (χ4v) is 1.82. The molecule has 19 heavy (non-hydrogen) atoms. The minimum atomic E-state index is -0.436. The summed E-state index contributed by atoms with van der Waals surface area (Å²) in [6.45, 7) is 5.61. The van der Waals surface area contributed by atoms with Crippen LogP contribution in [0.4, 0.5) is 0 Å². The van der Waals surface area contributed by atoms with E-state index in [1.165, 1.54) is 0 Å². The highest BCUT2D eigenvalue weighted by atomic mass is 35.5. The molecule has 0 aromatic heterocycles. The van der Waals surface area contributed by atoms with Gasteiger partial charge in [0.15, 0.2) is 0 Å². The molecule has 1 fully saturated rings. The third-order valence-corrected chi connectivity index (χ3v) is 2.87.